The molecule has 176 valence electrons. The van der Waals surface area contributed by atoms with Gasteiger partial charge in [0, 0.05) is 24.4 Å². The van der Waals surface area contributed by atoms with Gasteiger partial charge in [0.25, 0.3) is 17.2 Å². The molecule has 0 saturated heterocycles. The summed E-state index contributed by atoms with van der Waals surface area (Å²) >= 11 is 0. The Hall–Kier alpha value is -4.48. The number of fused-ring (bicyclic) bond motifs is 2. The van der Waals surface area contributed by atoms with Crippen LogP contribution in [-0.2, 0) is 16.1 Å². The number of amides is 1. The average molecular weight is 468 g/mol. The Balaban J connectivity index is 1.53. The predicted molar refractivity (Wildman–Crippen MR) is 119 cm³/mol. The minimum absolute atomic E-state index is 0.119. The van der Waals surface area contributed by atoms with Crippen LogP contribution in [0.4, 0.5) is 11.4 Å². The minimum Gasteiger partial charge on any atom is -0.489 e. The van der Waals surface area contributed by atoms with Gasteiger partial charge in [-0.1, -0.05) is 18.2 Å². The Labute approximate surface area is 192 Å². The molecule has 0 saturated carbocycles. The topological polar surface area (TPSA) is 152 Å². The van der Waals surface area contributed by atoms with Crippen LogP contribution < -0.4 is 20.3 Å². The highest BCUT2D eigenvalue weighted by Crippen LogP contribution is 2.39. The van der Waals surface area contributed by atoms with Gasteiger partial charge in [0.2, 0.25) is 0 Å². The van der Waals surface area contributed by atoms with Crippen molar-refractivity contribution in [3.63, 3.8) is 0 Å². The number of nitrogens with one attached hydrogen (secondary N) is 1. The SMILES string of the molecule is CCn1nc(C(=O)OCC(=O)Nc2cc3c(cc2[N+](=O)[O-])OCCCO3)c2ccccc2c1=O. The van der Waals surface area contributed by atoms with Gasteiger partial charge in [0.15, 0.2) is 23.8 Å². The number of aromatic nitrogens is 2. The third kappa shape index (κ3) is 4.51. The highest BCUT2D eigenvalue weighted by molar-refractivity contribution is 6.03. The maximum atomic E-state index is 12.7. The summed E-state index contributed by atoms with van der Waals surface area (Å²) in [6, 6.07) is 8.90. The lowest BCUT2D eigenvalue weighted by Crippen LogP contribution is -2.27. The van der Waals surface area contributed by atoms with E-state index in [0.717, 1.165) is 4.68 Å². The number of hydrogen-bond acceptors (Lipinski definition) is 9. The van der Waals surface area contributed by atoms with Crippen molar-refractivity contribution in [2.24, 2.45) is 0 Å². The fourth-order valence-corrected chi connectivity index (χ4v) is 3.44. The van der Waals surface area contributed by atoms with E-state index in [4.69, 9.17) is 14.2 Å². The zero-order valence-corrected chi connectivity index (χ0v) is 18.1. The van der Waals surface area contributed by atoms with Crippen molar-refractivity contribution in [3.8, 4) is 11.5 Å². The van der Waals surface area contributed by atoms with Gasteiger partial charge in [0.1, 0.15) is 5.69 Å². The molecule has 1 N–H and O–H groups in total. The molecular formula is C22H20N4O8. The molecule has 1 aliphatic rings. The Morgan fingerprint density at radius 1 is 1.18 bits per heavy atom. The minimum atomic E-state index is -0.915. The van der Waals surface area contributed by atoms with Crippen molar-refractivity contribution in [1.82, 2.24) is 9.78 Å². The van der Waals surface area contributed by atoms with Crippen LogP contribution in [0.15, 0.2) is 41.2 Å². The standard InChI is InChI=1S/C22H20N4O8/c1-2-25-21(28)14-7-4-3-6-13(14)20(24-25)22(29)34-12-19(27)23-15-10-17-18(11-16(15)26(30)31)33-9-5-8-32-17/h3-4,6-7,10-11H,2,5,8-9,12H2,1H3,(H,23,27). The molecule has 0 atom stereocenters. The van der Waals surface area contributed by atoms with E-state index in [-0.39, 0.29) is 35.0 Å². The second-order valence-corrected chi connectivity index (χ2v) is 7.26. The summed E-state index contributed by atoms with van der Waals surface area (Å²) in [6.45, 7) is 1.91. The number of nitro benzene ring substituents is 1. The van der Waals surface area contributed by atoms with Crippen molar-refractivity contribution in [1.29, 1.82) is 0 Å². The van der Waals surface area contributed by atoms with Crippen LogP contribution in [0.2, 0.25) is 0 Å². The number of rotatable bonds is 6. The summed E-state index contributed by atoms with van der Waals surface area (Å²) in [4.78, 5) is 48.3. The van der Waals surface area contributed by atoms with E-state index >= 15 is 0 Å². The summed E-state index contributed by atoms with van der Waals surface area (Å²) in [7, 11) is 0. The van der Waals surface area contributed by atoms with Crippen LogP contribution >= 0.6 is 0 Å². The molecule has 4 rings (SSSR count). The highest BCUT2D eigenvalue weighted by Gasteiger charge is 2.24. The summed E-state index contributed by atoms with van der Waals surface area (Å²) in [6.07, 6.45) is 0.605. The van der Waals surface area contributed by atoms with Crippen LogP contribution in [-0.4, -0.2) is 46.4 Å². The number of carbonyl (C=O) groups excluding carboxylic acids is 2. The van der Waals surface area contributed by atoms with Crippen molar-refractivity contribution in [3.05, 3.63) is 62.6 Å². The van der Waals surface area contributed by atoms with Gasteiger partial charge in [-0.2, -0.15) is 5.10 Å². The predicted octanol–water partition coefficient (Wildman–Crippen LogP) is 2.28. The fourth-order valence-electron chi connectivity index (χ4n) is 3.44. The van der Waals surface area contributed by atoms with Gasteiger partial charge in [0.05, 0.1) is 29.6 Å². The van der Waals surface area contributed by atoms with Crippen molar-refractivity contribution >= 4 is 34.0 Å². The van der Waals surface area contributed by atoms with E-state index in [1.807, 2.05) is 0 Å². The molecule has 2 aromatic carbocycles. The van der Waals surface area contributed by atoms with Crippen LogP contribution in [0.5, 0.6) is 11.5 Å². The van der Waals surface area contributed by atoms with E-state index in [1.54, 1.807) is 31.2 Å². The lowest BCUT2D eigenvalue weighted by Gasteiger charge is -2.12. The molecule has 0 unspecified atom stereocenters. The number of nitro groups is 1. The van der Waals surface area contributed by atoms with Crippen LogP contribution in [0.1, 0.15) is 23.8 Å². The zero-order valence-electron chi connectivity index (χ0n) is 18.1. The second-order valence-electron chi connectivity index (χ2n) is 7.26. The summed E-state index contributed by atoms with van der Waals surface area (Å²) in [5.74, 6) is -1.26. The number of anilines is 1. The molecule has 0 aliphatic carbocycles. The molecular weight excluding hydrogens is 448 g/mol. The number of hydrogen-bond donors (Lipinski definition) is 1. The molecule has 1 aromatic heterocycles. The van der Waals surface area contributed by atoms with E-state index in [9.17, 15) is 24.5 Å². The first-order valence-electron chi connectivity index (χ1n) is 10.4. The molecule has 0 bridgehead atoms. The highest BCUT2D eigenvalue weighted by atomic mass is 16.6. The monoisotopic (exact) mass is 468 g/mol. The first-order chi connectivity index (χ1) is 16.4. The molecule has 2 heterocycles. The molecule has 12 heteroatoms. The lowest BCUT2D eigenvalue weighted by atomic mass is 10.1. The van der Waals surface area contributed by atoms with Crippen molar-refractivity contribution < 1.29 is 28.7 Å². The van der Waals surface area contributed by atoms with E-state index in [1.165, 1.54) is 12.1 Å². The van der Waals surface area contributed by atoms with E-state index in [2.05, 4.69) is 10.4 Å². The molecule has 1 aliphatic heterocycles. The van der Waals surface area contributed by atoms with Gasteiger partial charge in [-0.3, -0.25) is 19.7 Å². The first-order valence-corrected chi connectivity index (χ1v) is 10.4. The molecule has 3 aromatic rings. The maximum absolute atomic E-state index is 12.7. The Kier molecular flexibility index (Phi) is 6.39. The van der Waals surface area contributed by atoms with Gasteiger partial charge < -0.3 is 19.5 Å². The maximum Gasteiger partial charge on any atom is 0.359 e. The first kappa shape index (κ1) is 22.7. The van der Waals surface area contributed by atoms with Gasteiger partial charge >= 0.3 is 5.97 Å². The number of benzene rings is 2. The third-order valence-electron chi connectivity index (χ3n) is 5.03. The van der Waals surface area contributed by atoms with Crippen molar-refractivity contribution in [2.45, 2.75) is 19.9 Å². The zero-order chi connectivity index (χ0) is 24.2. The molecule has 34 heavy (non-hydrogen) atoms. The number of nitrogens with zero attached hydrogens (tertiary/aromatic N) is 3. The number of ether oxygens (including phenoxy) is 3. The fraction of sp³-hybridized carbons (Fsp3) is 0.273. The summed E-state index contributed by atoms with van der Waals surface area (Å²) < 4.78 is 17.2. The summed E-state index contributed by atoms with van der Waals surface area (Å²) in [5.41, 5.74) is -0.995. The third-order valence-corrected chi connectivity index (χ3v) is 5.03. The van der Waals surface area contributed by atoms with Gasteiger partial charge in [-0.05, 0) is 13.0 Å². The van der Waals surface area contributed by atoms with Crippen LogP contribution in [0.25, 0.3) is 10.8 Å². The van der Waals surface area contributed by atoms with Gasteiger partial charge in [-0.15, -0.1) is 0 Å². The Bertz CT molecular complexity index is 1350. The quantitative estimate of drug-likeness (QED) is 0.326. The second kappa shape index (κ2) is 9.57. The Morgan fingerprint density at radius 2 is 1.85 bits per heavy atom. The smallest absolute Gasteiger partial charge is 0.359 e. The molecule has 12 nitrogen and oxygen atoms in total. The number of carbonyl (C=O) groups is 2. The Morgan fingerprint density at radius 3 is 2.53 bits per heavy atom. The number of esters is 1. The van der Waals surface area contributed by atoms with Crippen LogP contribution in [0, 0.1) is 10.1 Å². The molecule has 0 radical (unpaired) electrons. The molecule has 0 fully saturated rings. The summed E-state index contributed by atoms with van der Waals surface area (Å²) in [5, 5.41) is 18.5. The van der Waals surface area contributed by atoms with E-state index in [0.29, 0.717) is 30.4 Å². The van der Waals surface area contributed by atoms with Crippen molar-refractivity contribution in [2.75, 3.05) is 25.1 Å². The van der Waals surface area contributed by atoms with Crippen LogP contribution in [0.3, 0.4) is 0 Å². The van der Waals surface area contributed by atoms with E-state index < -0.39 is 29.1 Å². The normalized spacial score (nSPS) is 12.6. The largest absolute Gasteiger partial charge is 0.489 e. The average Bonchev–Trinajstić information content (AvgIpc) is 3.07. The lowest BCUT2D eigenvalue weighted by molar-refractivity contribution is -0.384. The molecule has 0 spiro atoms. The van der Waals surface area contributed by atoms with Gasteiger partial charge in [-0.25, -0.2) is 9.48 Å². The molecule has 1 amide bonds. The number of aryl methyl sites for hydroxylation is 1.